The highest BCUT2D eigenvalue weighted by Gasteiger charge is 2.42. The lowest BCUT2D eigenvalue weighted by Gasteiger charge is -2.18. The SMILES string of the molecule is COc1ccc(C)cc1C(C)NC(=O)c1nnn(-c2cccc(F)c2)c1C(F)(F)F. The molecule has 0 aliphatic carbocycles. The molecule has 0 saturated heterocycles. The van der Waals surface area contributed by atoms with Crippen molar-refractivity contribution < 1.29 is 27.1 Å². The number of alkyl halides is 3. The monoisotopic (exact) mass is 422 g/mol. The maximum atomic E-state index is 13.7. The van der Waals surface area contributed by atoms with Crippen LogP contribution >= 0.6 is 0 Å². The summed E-state index contributed by atoms with van der Waals surface area (Å²) in [5, 5.41) is 9.35. The number of nitrogens with zero attached hydrogens (tertiary/aromatic N) is 3. The second-order valence-electron chi connectivity index (χ2n) is 6.62. The normalized spacial score (nSPS) is 12.5. The number of ether oxygens (including phenoxy) is 1. The van der Waals surface area contributed by atoms with Crippen LogP contribution in [0.4, 0.5) is 17.6 Å². The van der Waals surface area contributed by atoms with Gasteiger partial charge >= 0.3 is 6.18 Å². The molecule has 30 heavy (non-hydrogen) atoms. The third kappa shape index (κ3) is 4.27. The van der Waals surface area contributed by atoms with Crippen molar-refractivity contribution in [2.75, 3.05) is 7.11 Å². The van der Waals surface area contributed by atoms with E-state index >= 15 is 0 Å². The molecular weight excluding hydrogens is 404 g/mol. The van der Waals surface area contributed by atoms with Crippen molar-refractivity contribution in [3.63, 3.8) is 0 Å². The molecule has 1 atom stereocenters. The Labute approximate surface area is 169 Å². The Hall–Kier alpha value is -3.43. The van der Waals surface area contributed by atoms with Gasteiger partial charge in [-0.1, -0.05) is 29.0 Å². The molecule has 1 aromatic heterocycles. The Morgan fingerprint density at radius 1 is 1.20 bits per heavy atom. The average Bonchev–Trinajstić information content (AvgIpc) is 3.14. The van der Waals surface area contributed by atoms with Crippen LogP contribution in [0.2, 0.25) is 0 Å². The molecule has 0 aliphatic rings. The van der Waals surface area contributed by atoms with Gasteiger partial charge in [-0.3, -0.25) is 4.79 Å². The predicted octanol–water partition coefficient (Wildman–Crippen LogP) is 4.23. The Balaban J connectivity index is 1.98. The maximum Gasteiger partial charge on any atom is 0.435 e. The van der Waals surface area contributed by atoms with Crippen LogP contribution in [0.3, 0.4) is 0 Å². The van der Waals surface area contributed by atoms with E-state index in [2.05, 4.69) is 15.6 Å². The van der Waals surface area contributed by atoms with Crippen molar-refractivity contribution in [2.45, 2.75) is 26.1 Å². The molecule has 3 rings (SSSR count). The summed E-state index contributed by atoms with van der Waals surface area (Å²) >= 11 is 0. The highest BCUT2D eigenvalue weighted by atomic mass is 19.4. The number of methoxy groups -OCH3 is 1. The number of hydrogen-bond acceptors (Lipinski definition) is 4. The molecule has 6 nitrogen and oxygen atoms in total. The fraction of sp³-hybridized carbons (Fsp3) is 0.250. The van der Waals surface area contributed by atoms with Crippen molar-refractivity contribution in [2.24, 2.45) is 0 Å². The van der Waals surface area contributed by atoms with E-state index in [0.717, 1.165) is 17.7 Å². The number of aromatic nitrogens is 3. The Kier molecular flexibility index (Phi) is 5.77. The van der Waals surface area contributed by atoms with Gasteiger partial charge in [-0.15, -0.1) is 5.10 Å². The van der Waals surface area contributed by atoms with Gasteiger partial charge in [-0.05, 0) is 38.1 Å². The summed E-state index contributed by atoms with van der Waals surface area (Å²) in [6.45, 7) is 3.45. The third-order valence-corrected chi connectivity index (χ3v) is 4.41. The average molecular weight is 422 g/mol. The Bertz CT molecular complexity index is 1080. The van der Waals surface area contributed by atoms with Gasteiger partial charge in [0.1, 0.15) is 11.6 Å². The van der Waals surface area contributed by atoms with E-state index in [1.807, 2.05) is 13.0 Å². The van der Waals surface area contributed by atoms with Gasteiger partial charge in [0.15, 0.2) is 11.4 Å². The number of aryl methyl sites for hydroxylation is 1. The Morgan fingerprint density at radius 2 is 1.93 bits per heavy atom. The molecule has 10 heteroatoms. The molecule has 1 unspecified atom stereocenters. The highest BCUT2D eigenvalue weighted by Crippen LogP contribution is 2.33. The summed E-state index contributed by atoms with van der Waals surface area (Å²) < 4.78 is 60.3. The fourth-order valence-corrected chi connectivity index (χ4v) is 3.01. The van der Waals surface area contributed by atoms with Crippen LogP contribution in [0.1, 0.15) is 40.3 Å². The first kappa shape index (κ1) is 21.3. The quantitative estimate of drug-likeness (QED) is 0.625. The largest absolute Gasteiger partial charge is 0.496 e. The standard InChI is InChI=1S/C20H18F4N4O2/c1-11-7-8-16(30-3)15(9-11)12(2)25-19(29)17-18(20(22,23)24)28(27-26-17)14-6-4-5-13(21)10-14/h4-10,12H,1-3H3,(H,25,29). The predicted molar refractivity (Wildman–Crippen MR) is 99.9 cm³/mol. The first-order chi connectivity index (χ1) is 14.1. The molecule has 0 aliphatic heterocycles. The molecule has 158 valence electrons. The van der Waals surface area contributed by atoms with Crippen molar-refractivity contribution in [1.82, 2.24) is 20.3 Å². The summed E-state index contributed by atoms with van der Waals surface area (Å²) in [6, 6.07) is 9.01. The van der Waals surface area contributed by atoms with Crippen LogP contribution in [-0.2, 0) is 6.18 Å². The van der Waals surface area contributed by atoms with Crippen molar-refractivity contribution in [3.8, 4) is 11.4 Å². The van der Waals surface area contributed by atoms with Crippen molar-refractivity contribution >= 4 is 5.91 Å². The molecule has 0 bridgehead atoms. The van der Waals surface area contributed by atoms with Gasteiger partial charge in [0.05, 0.1) is 18.8 Å². The van der Waals surface area contributed by atoms with E-state index in [9.17, 15) is 22.4 Å². The first-order valence-corrected chi connectivity index (χ1v) is 8.86. The van der Waals surface area contributed by atoms with Crippen LogP contribution in [0.5, 0.6) is 5.75 Å². The zero-order valence-electron chi connectivity index (χ0n) is 16.3. The van der Waals surface area contributed by atoms with Crippen LogP contribution < -0.4 is 10.1 Å². The summed E-state index contributed by atoms with van der Waals surface area (Å²) in [5.74, 6) is -1.34. The number of rotatable bonds is 5. The molecule has 2 aromatic carbocycles. The van der Waals surface area contributed by atoms with Gasteiger partial charge in [-0.2, -0.15) is 13.2 Å². The van der Waals surface area contributed by atoms with Gasteiger partial charge < -0.3 is 10.1 Å². The zero-order valence-corrected chi connectivity index (χ0v) is 16.3. The van der Waals surface area contributed by atoms with E-state index in [1.54, 1.807) is 19.1 Å². The zero-order chi connectivity index (χ0) is 22.1. The number of nitrogens with one attached hydrogen (secondary N) is 1. The molecular formula is C20H18F4N4O2. The maximum absolute atomic E-state index is 13.7. The van der Waals surface area contributed by atoms with Gasteiger partial charge in [0, 0.05) is 5.56 Å². The van der Waals surface area contributed by atoms with Crippen LogP contribution in [0.15, 0.2) is 42.5 Å². The van der Waals surface area contributed by atoms with Gasteiger partial charge in [0.2, 0.25) is 0 Å². The lowest BCUT2D eigenvalue weighted by atomic mass is 10.0. The topological polar surface area (TPSA) is 69.0 Å². The smallest absolute Gasteiger partial charge is 0.435 e. The molecule has 0 spiro atoms. The van der Waals surface area contributed by atoms with E-state index in [4.69, 9.17) is 4.74 Å². The first-order valence-electron chi connectivity index (χ1n) is 8.86. The van der Waals surface area contributed by atoms with Gasteiger partial charge in [-0.25, -0.2) is 9.07 Å². The van der Waals surface area contributed by atoms with Crippen LogP contribution in [0, 0.1) is 12.7 Å². The molecule has 3 aromatic rings. The number of carbonyl (C=O) groups is 1. The lowest BCUT2D eigenvalue weighted by molar-refractivity contribution is -0.143. The van der Waals surface area contributed by atoms with E-state index in [0.29, 0.717) is 16.0 Å². The molecule has 0 radical (unpaired) electrons. The second-order valence-corrected chi connectivity index (χ2v) is 6.62. The molecule has 1 amide bonds. The summed E-state index contributed by atoms with van der Waals surface area (Å²) in [4.78, 5) is 12.7. The summed E-state index contributed by atoms with van der Waals surface area (Å²) in [5.41, 5.74) is -1.03. The highest BCUT2D eigenvalue weighted by molar-refractivity contribution is 5.93. The number of carbonyl (C=O) groups excluding carboxylic acids is 1. The minimum atomic E-state index is -4.95. The Morgan fingerprint density at radius 3 is 2.57 bits per heavy atom. The van der Waals surface area contributed by atoms with Crippen LogP contribution in [-0.4, -0.2) is 28.0 Å². The molecule has 1 N–H and O–H groups in total. The molecule has 0 saturated carbocycles. The summed E-state index contributed by atoms with van der Waals surface area (Å²) in [7, 11) is 1.45. The van der Waals surface area contributed by atoms with Gasteiger partial charge in [0.25, 0.3) is 5.91 Å². The molecule has 1 heterocycles. The molecule has 0 fully saturated rings. The summed E-state index contributed by atoms with van der Waals surface area (Å²) in [6.07, 6.45) is -4.95. The number of hydrogen-bond donors (Lipinski definition) is 1. The van der Waals surface area contributed by atoms with Crippen molar-refractivity contribution in [3.05, 3.63) is 70.8 Å². The minimum Gasteiger partial charge on any atom is -0.496 e. The number of amides is 1. The third-order valence-electron chi connectivity index (χ3n) is 4.41. The number of halogens is 4. The lowest BCUT2D eigenvalue weighted by Crippen LogP contribution is -2.30. The van der Waals surface area contributed by atoms with E-state index in [-0.39, 0.29) is 5.69 Å². The van der Waals surface area contributed by atoms with E-state index in [1.165, 1.54) is 19.2 Å². The second kappa shape index (κ2) is 8.13. The van der Waals surface area contributed by atoms with Crippen molar-refractivity contribution in [1.29, 1.82) is 0 Å². The van der Waals surface area contributed by atoms with E-state index < -0.39 is 35.3 Å². The minimum absolute atomic E-state index is 0.206. The number of benzene rings is 2. The van der Waals surface area contributed by atoms with Crippen LogP contribution in [0.25, 0.3) is 5.69 Å². The fourth-order valence-electron chi connectivity index (χ4n) is 3.01.